The lowest BCUT2D eigenvalue weighted by atomic mass is 10.0. The van der Waals surface area contributed by atoms with Crippen molar-refractivity contribution >= 4 is 11.6 Å². The van der Waals surface area contributed by atoms with Gasteiger partial charge in [0.1, 0.15) is 12.4 Å². The minimum absolute atomic E-state index is 0.519. The van der Waals surface area contributed by atoms with Crippen LogP contribution in [0.1, 0.15) is 57.4 Å². The summed E-state index contributed by atoms with van der Waals surface area (Å²) < 4.78 is 21.8. The highest BCUT2D eigenvalue weighted by atomic mass is 35.5. The van der Waals surface area contributed by atoms with Crippen molar-refractivity contribution in [3.05, 3.63) is 29.8 Å². The SMILES string of the molecule is CCCCCCCCCc1ccc(OCCOCCOCCOCCCl)cc1. The summed E-state index contributed by atoms with van der Waals surface area (Å²) in [6, 6.07) is 8.46. The Kier molecular flexibility index (Phi) is 17.6. The number of rotatable bonds is 20. The zero-order valence-electron chi connectivity index (χ0n) is 17.6. The second kappa shape index (κ2) is 19.5. The highest BCUT2D eigenvalue weighted by Crippen LogP contribution is 2.15. The topological polar surface area (TPSA) is 36.9 Å². The van der Waals surface area contributed by atoms with E-state index in [2.05, 4.69) is 31.2 Å². The highest BCUT2D eigenvalue weighted by Gasteiger charge is 1.98. The number of unbranched alkanes of at least 4 members (excludes halogenated alkanes) is 6. The zero-order valence-corrected chi connectivity index (χ0v) is 18.4. The fraction of sp³-hybridized carbons (Fsp3) is 0.739. The minimum Gasteiger partial charge on any atom is -0.491 e. The van der Waals surface area contributed by atoms with E-state index in [0.29, 0.717) is 52.1 Å². The van der Waals surface area contributed by atoms with Crippen LogP contribution in [-0.2, 0) is 20.6 Å². The van der Waals surface area contributed by atoms with E-state index in [9.17, 15) is 0 Å². The number of alkyl halides is 1. The van der Waals surface area contributed by atoms with Gasteiger partial charge in [0.15, 0.2) is 0 Å². The summed E-state index contributed by atoms with van der Waals surface area (Å²) >= 11 is 5.51. The predicted molar refractivity (Wildman–Crippen MR) is 117 cm³/mol. The third-order valence-corrected chi connectivity index (χ3v) is 4.61. The summed E-state index contributed by atoms with van der Waals surface area (Å²) in [6.45, 7) is 6.22. The summed E-state index contributed by atoms with van der Waals surface area (Å²) in [7, 11) is 0. The molecule has 0 bridgehead atoms. The highest BCUT2D eigenvalue weighted by molar-refractivity contribution is 6.17. The molecule has 0 unspecified atom stereocenters. The van der Waals surface area contributed by atoms with Crippen LogP contribution in [0.25, 0.3) is 0 Å². The average Bonchev–Trinajstić information content (AvgIpc) is 2.72. The Morgan fingerprint density at radius 1 is 0.643 bits per heavy atom. The van der Waals surface area contributed by atoms with Gasteiger partial charge in [-0.1, -0.05) is 57.6 Å². The lowest BCUT2D eigenvalue weighted by molar-refractivity contribution is 0.0117. The van der Waals surface area contributed by atoms with Crippen molar-refractivity contribution in [2.75, 3.05) is 52.1 Å². The summed E-state index contributed by atoms with van der Waals surface area (Å²) in [4.78, 5) is 0. The molecule has 0 amide bonds. The van der Waals surface area contributed by atoms with Gasteiger partial charge >= 0.3 is 0 Å². The van der Waals surface area contributed by atoms with Crippen LogP contribution < -0.4 is 4.74 Å². The molecule has 0 atom stereocenters. The molecule has 0 saturated carbocycles. The first-order valence-corrected chi connectivity index (χ1v) is 11.4. The smallest absolute Gasteiger partial charge is 0.119 e. The standard InChI is InChI=1S/C23H39ClO4/c1-2-3-4-5-6-7-8-9-22-10-12-23(13-11-22)28-21-20-27-19-18-26-17-16-25-15-14-24/h10-13H,2-9,14-21H2,1H3. The van der Waals surface area contributed by atoms with E-state index in [0.717, 1.165) is 12.2 Å². The summed E-state index contributed by atoms with van der Waals surface area (Å²) in [5.41, 5.74) is 1.39. The van der Waals surface area contributed by atoms with Gasteiger partial charge in [-0.25, -0.2) is 0 Å². The number of ether oxygens (including phenoxy) is 4. The molecule has 0 aliphatic rings. The third kappa shape index (κ3) is 15.2. The van der Waals surface area contributed by atoms with E-state index in [1.165, 1.54) is 50.5 Å². The van der Waals surface area contributed by atoms with E-state index in [1.807, 2.05) is 0 Å². The Balaban J connectivity index is 1.93. The van der Waals surface area contributed by atoms with E-state index >= 15 is 0 Å². The molecule has 4 nitrogen and oxygen atoms in total. The molecular formula is C23H39ClO4. The van der Waals surface area contributed by atoms with Gasteiger partial charge < -0.3 is 18.9 Å². The molecule has 5 heteroatoms. The zero-order chi connectivity index (χ0) is 20.1. The Bertz CT molecular complexity index is 439. The predicted octanol–water partition coefficient (Wildman–Crippen LogP) is 5.65. The molecule has 1 rings (SSSR count). The number of halogens is 1. The maximum absolute atomic E-state index is 5.72. The maximum Gasteiger partial charge on any atom is 0.119 e. The van der Waals surface area contributed by atoms with Crippen molar-refractivity contribution in [3.8, 4) is 5.75 Å². The number of hydrogen-bond donors (Lipinski definition) is 0. The first-order valence-electron chi connectivity index (χ1n) is 10.9. The molecule has 0 aromatic heterocycles. The molecule has 28 heavy (non-hydrogen) atoms. The second-order valence-corrected chi connectivity index (χ2v) is 7.27. The Hall–Kier alpha value is -0.810. The maximum atomic E-state index is 5.72. The molecule has 0 aliphatic heterocycles. The van der Waals surface area contributed by atoms with Gasteiger partial charge in [0, 0.05) is 5.88 Å². The van der Waals surface area contributed by atoms with Gasteiger partial charge in [-0.3, -0.25) is 0 Å². The van der Waals surface area contributed by atoms with E-state index in [1.54, 1.807) is 0 Å². The van der Waals surface area contributed by atoms with Gasteiger partial charge in [-0.15, -0.1) is 11.6 Å². The Morgan fingerprint density at radius 2 is 1.18 bits per heavy atom. The quantitative estimate of drug-likeness (QED) is 0.204. The molecular weight excluding hydrogens is 376 g/mol. The molecule has 1 aromatic carbocycles. The van der Waals surface area contributed by atoms with Crippen molar-refractivity contribution < 1.29 is 18.9 Å². The van der Waals surface area contributed by atoms with Crippen molar-refractivity contribution in [1.29, 1.82) is 0 Å². The molecule has 0 N–H and O–H groups in total. The van der Waals surface area contributed by atoms with Gasteiger partial charge in [0.2, 0.25) is 0 Å². The fourth-order valence-corrected chi connectivity index (χ4v) is 2.96. The van der Waals surface area contributed by atoms with Crippen LogP contribution in [0.3, 0.4) is 0 Å². The molecule has 0 fully saturated rings. The summed E-state index contributed by atoms with van der Waals surface area (Å²) in [5.74, 6) is 1.42. The second-order valence-electron chi connectivity index (χ2n) is 6.89. The normalized spacial score (nSPS) is 11.1. The molecule has 162 valence electrons. The Morgan fingerprint density at radius 3 is 1.79 bits per heavy atom. The first kappa shape index (κ1) is 25.2. The van der Waals surface area contributed by atoms with Crippen LogP contribution in [0.4, 0.5) is 0 Å². The van der Waals surface area contributed by atoms with Crippen molar-refractivity contribution in [2.24, 2.45) is 0 Å². The van der Waals surface area contributed by atoms with E-state index in [4.69, 9.17) is 30.5 Å². The van der Waals surface area contributed by atoms with Crippen molar-refractivity contribution in [3.63, 3.8) is 0 Å². The largest absolute Gasteiger partial charge is 0.491 e. The van der Waals surface area contributed by atoms with Gasteiger partial charge in [0.05, 0.1) is 39.6 Å². The van der Waals surface area contributed by atoms with Crippen molar-refractivity contribution in [2.45, 2.75) is 58.3 Å². The Labute approximate surface area is 176 Å². The molecule has 0 heterocycles. The summed E-state index contributed by atoms with van der Waals surface area (Å²) in [5, 5.41) is 0. The van der Waals surface area contributed by atoms with Crippen LogP contribution in [0.2, 0.25) is 0 Å². The van der Waals surface area contributed by atoms with Crippen LogP contribution in [0, 0.1) is 0 Å². The monoisotopic (exact) mass is 414 g/mol. The number of benzene rings is 1. The summed E-state index contributed by atoms with van der Waals surface area (Å²) in [6.07, 6.45) is 10.6. The van der Waals surface area contributed by atoms with Crippen LogP contribution in [0.15, 0.2) is 24.3 Å². The van der Waals surface area contributed by atoms with Gasteiger partial charge in [-0.2, -0.15) is 0 Å². The van der Waals surface area contributed by atoms with E-state index in [-0.39, 0.29) is 0 Å². The van der Waals surface area contributed by atoms with E-state index < -0.39 is 0 Å². The molecule has 0 saturated heterocycles. The van der Waals surface area contributed by atoms with Crippen molar-refractivity contribution in [1.82, 2.24) is 0 Å². The molecule has 0 radical (unpaired) electrons. The third-order valence-electron chi connectivity index (χ3n) is 4.45. The van der Waals surface area contributed by atoms with Gasteiger partial charge in [-0.05, 0) is 30.5 Å². The van der Waals surface area contributed by atoms with Crippen LogP contribution in [0.5, 0.6) is 5.75 Å². The number of hydrogen-bond acceptors (Lipinski definition) is 4. The number of aryl methyl sites for hydroxylation is 1. The van der Waals surface area contributed by atoms with Gasteiger partial charge in [0.25, 0.3) is 0 Å². The van der Waals surface area contributed by atoms with Crippen LogP contribution in [-0.4, -0.2) is 52.1 Å². The molecule has 0 spiro atoms. The average molecular weight is 415 g/mol. The fourth-order valence-electron chi connectivity index (χ4n) is 2.85. The lowest BCUT2D eigenvalue weighted by Crippen LogP contribution is -2.13. The molecule has 1 aromatic rings. The van der Waals surface area contributed by atoms with Crippen LogP contribution >= 0.6 is 11.6 Å². The first-order chi connectivity index (χ1) is 13.9. The molecule has 0 aliphatic carbocycles. The lowest BCUT2D eigenvalue weighted by Gasteiger charge is -2.09. The minimum atomic E-state index is 0.519.